The van der Waals surface area contributed by atoms with E-state index in [4.69, 9.17) is 14.2 Å². The lowest BCUT2D eigenvalue weighted by molar-refractivity contribution is 0.402. The van der Waals surface area contributed by atoms with Gasteiger partial charge < -0.3 is 14.2 Å². The van der Waals surface area contributed by atoms with Gasteiger partial charge in [-0.25, -0.2) is 17.4 Å². The van der Waals surface area contributed by atoms with Gasteiger partial charge in [-0.05, 0) is 50.6 Å². The summed E-state index contributed by atoms with van der Waals surface area (Å²) in [6.07, 6.45) is 1.64. The average Bonchev–Trinajstić information content (AvgIpc) is 3.25. The minimum absolute atomic E-state index is 0.0512. The summed E-state index contributed by atoms with van der Waals surface area (Å²) in [5, 5.41) is -0.123. The van der Waals surface area contributed by atoms with Gasteiger partial charge in [0.1, 0.15) is 22.1 Å². The Bertz CT molecular complexity index is 1600. The number of rotatable bonds is 8. The molecule has 1 unspecified atom stereocenters. The van der Waals surface area contributed by atoms with Crippen LogP contribution in [-0.4, -0.2) is 47.9 Å². The fourth-order valence-electron chi connectivity index (χ4n) is 4.01. The van der Waals surface area contributed by atoms with Crippen LogP contribution in [0.2, 0.25) is 0 Å². The Morgan fingerprint density at radius 2 is 1.72 bits per heavy atom. The molecule has 2 aromatic heterocycles. The Morgan fingerprint density at radius 1 is 0.972 bits per heavy atom. The second kappa shape index (κ2) is 9.90. The van der Waals surface area contributed by atoms with E-state index in [0.717, 1.165) is 20.7 Å². The molecule has 0 amide bonds. The van der Waals surface area contributed by atoms with E-state index in [1.807, 2.05) is 13.8 Å². The van der Waals surface area contributed by atoms with Gasteiger partial charge in [-0.3, -0.25) is 9.19 Å². The van der Waals surface area contributed by atoms with E-state index in [0.29, 0.717) is 22.7 Å². The minimum atomic E-state index is -4.25. The second-order valence-corrected chi connectivity index (χ2v) is 11.3. The van der Waals surface area contributed by atoms with Crippen LogP contribution in [0, 0.1) is 20.8 Å². The van der Waals surface area contributed by atoms with Gasteiger partial charge in [0.25, 0.3) is 10.0 Å². The number of benzene rings is 2. The first-order valence-corrected chi connectivity index (χ1v) is 13.7. The first-order valence-electron chi connectivity index (χ1n) is 11.0. The van der Waals surface area contributed by atoms with Crippen molar-refractivity contribution in [2.45, 2.75) is 36.6 Å². The summed E-state index contributed by atoms with van der Waals surface area (Å²) in [5.74, 6) is 1.26. The highest BCUT2D eigenvalue weighted by Crippen LogP contribution is 2.33. The van der Waals surface area contributed by atoms with Crippen molar-refractivity contribution in [2.75, 3.05) is 21.3 Å². The first-order chi connectivity index (χ1) is 17.1. The number of aryl methyl sites for hydroxylation is 2. The molecule has 2 aromatic carbocycles. The summed E-state index contributed by atoms with van der Waals surface area (Å²) in [6, 6.07) is 9.69. The molecular formula is C25H27N3O6S2. The van der Waals surface area contributed by atoms with Gasteiger partial charge in [0.2, 0.25) is 5.16 Å². The topological polar surface area (TPSA) is 110 Å². The van der Waals surface area contributed by atoms with E-state index in [-0.39, 0.29) is 27.1 Å². The zero-order valence-electron chi connectivity index (χ0n) is 20.9. The van der Waals surface area contributed by atoms with Crippen molar-refractivity contribution >= 4 is 31.9 Å². The lowest BCUT2D eigenvalue weighted by atomic mass is 10.1. The van der Waals surface area contributed by atoms with Crippen LogP contribution in [0.15, 0.2) is 52.6 Å². The Labute approximate surface area is 212 Å². The predicted octanol–water partition coefficient (Wildman–Crippen LogP) is 3.93. The van der Waals surface area contributed by atoms with Crippen LogP contribution in [0.4, 0.5) is 0 Å². The normalized spacial score (nSPS) is 12.5. The molecule has 0 fully saturated rings. The molecule has 0 saturated carbocycles. The van der Waals surface area contributed by atoms with Crippen LogP contribution in [-0.2, 0) is 26.6 Å². The maximum Gasteiger partial charge on any atom is 0.274 e. The van der Waals surface area contributed by atoms with Crippen molar-refractivity contribution in [1.29, 1.82) is 0 Å². The van der Waals surface area contributed by atoms with Gasteiger partial charge in [-0.2, -0.15) is 0 Å². The van der Waals surface area contributed by atoms with E-state index >= 15 is 0 Å². The fourth-order valence-corrected chi connectivity index (χ4v) is 7.30. The predicted molar refractivity (Wildman–Crippen MR) is 137 cm³/mol. The molecule has 0 saturated heterocycles. The number of fused-ring (bicyclic) bond motifs is 1. The van der Waals surface area contributed by atoms with Crippen LogP contribution in [0.3, 0.4) is 0 Å². The molecule has 1 atom stereocenters. The minimum Gasteiger partial charge on any atom is -0.497 e. The van der Waals surface area contributed by atoms with Crippen LogP contribution < -0.4 is 14.2 Å². The second-order valence-electron chi connectivity index (χ2n) is 8.21. The van der Waals surface area contributed by atoms with E-state index in [1.54, 1.807) is 50.6 Å². The number of hydrogen-bond donors (Lipinski definition) is 0. The molecule has 190 valence electrons. The number of methoxy groups -OCH3 is 3. The van der Waals surface area contributed by atoms with Gasteiger partial charge in [0.05, 0.1) is 54.6 Å². The molecule has 0 aliphatic rings. The number of pyridine rings is 1. The standard InChI is InChI=1S/C25H27N3O6S2/c1-15-7-10-22(33-5)23(11-15)36(30,31)28-21-9-8-18(32-4)12-19(21)27-25(28)35(29)14-20-17(3)24(34-6)16(2)13-26-20/h7-13H,14H2,1-6H3. The fraction of sp³-hybridized carbons (Fsp3) is 0.280. The van der Waals surface area contributed by atoms with Gasteiger partial charge in [0.15, 0.2) is 0 Å². The van der Waals surface area contributed by atoms with Gasteiger partial charge >= 0.3 is 0 Å². The highest BCUT2D eigenvalue weighted by Gasteiger charge is 2.30. The SMILES string of the molecule is COc1ccc2c(c1)nc(S(=O)Cc1ncc(C)c(OC)c1C)n2S(=O)(=O)c1cc(C)ccc1OC. The number of imidazole rings is 1. The average molecular weight is 530 g/mol. The van der Waals surface area contributed by atoms with Crippen molar-refractivity contribution in [2.24, 2.45) is 0 Å². The van der Waals surface area contributed by atoms with Crippen molar-refractivity contribution in [3.63, 3.8) is 0 Å². The summed E-state index contributed by atoms with van der Waals surface area (Å²) in [4.78, 5) is 8.85. The quantitative estimate of drug-likeness (QED) is 0.338. The van der Waals surface area contributed by atoms with Crippen molar-refractivity contribution in [3.05, 3.63) is 65.0 Å². The Kier molecular flexibility index (Phi) is 7.05. The molecule has 4 rings (SSSR count). The Morgan fingerprint density at radius 3 is 2.39 bits per heavy atom. The van der Waals surface area contributed by atoms with Gasteiger partial charge in [-0.1, -0.05) is 6.07 Å². The highest BCUT2D eigenvalue weighted by atomic mass is 32.2. The molecule has 0 radical (unpaired) electrons. The Hall–Kier alpha value is -3.44. The van der Waals surface area contributed by atoms with Crippen LogP contribution in [0.5, 0.6) is 17.2 Å². The summed E-state index contributed by atoms with van der Waals surface area (Å²) in [5.41, 5.74) is 3.44. The summed E-state index contributed by atoms with van der Waals surface area (Å²) < 4.78 is 58.9. The molecule has 9 nitrogen and oxygen atoms in total. The van der Waals surface area contributed by atoms with Gasteiger partial charge in [-0.15, -0.1) is 0 Å². The maximum atomic E-state index is 14.0. The monoisotopic (exact) mass is 529 g/mol. The number of ether oxygens (including phenoxy) is 3. The molecule has 36 heavy (non-hydrogen) atoms. The van der Waals surface area contributed by atoms with E-state index in [2.05, 4.69) is 9.97 Å². The molecular weight excluding hydrogens is 502 g/mol. The summed E-state index contributed by atoms with van der Waals surface area (Å²) in [7, 11) is -1.66. The summed E-state index contributed by atoms with van der Waals surface area (Å²) >= 11 is 0. The van der Waals surface area contributed by atoms with Crippen LogP contribution in [0.25, 0.3) is 11.0 Å². The molecule has 2 heterocycles. The number of aromatic nitrogens is 3. The zero-order chi connectivity index (χ0) is 26.2. The van der Waals surface area contributed by atoms with Crippen molar-refractivity contribution < 1.29 is 26.8 Å². The highest BCUT2D eigenvalue weighted by molar-refractivity contribution is 7.91. The van der Waals surface area contributed by atoms with Crippen molar-refractivity contribution in [3.8, 4) is 17.2 Å². The van der Waals surface area contributed by atoms with E-state index < -0.39 is 20.8 Å². The molecule has 0 spiro atoms. The molecule has 0 N–H and O–H groups in total. The van der Waals surface area contributed by atoms with Gasteiger partial charge in [0, 0.05) is 23.4 Å². The van der Waals surface area contributed by atoms with E-state index in [1.165, 1.54) is 20.3 Å². The zero-order valence-corrected chi connectivity index (χ0v) is 22.5. The maximum absolute atomic E-state index is 14.0. The molecule has 0 aliphatic heterocycles. The largest absolute Gasteiger partial charge is 0.497 e. The van der Waals surface area contributed by atoms with E-state index in [9.17, 15) is 12.6 Å². The summed E-state index contributed by atoms with van der Waals surface area (Å²) in [6.45, 7) is 5.48. The molecule has 11 heteroatoms. The van der Waals surface area contributed by atoms with Crippen LogP contribution >= 0.6 is 0 Å². The third kappa shape index (κ3) is 4.44. The van der Waals surface area contributed by atoms with Crippen LogP contribution in [0.1, 0.15) is 22.4 Å². The third-order valence-electron chi connectivity index (χ3n) is 5.85. The molecule has 0 bridgehead atoms. The Balaban J connectivity index is 1.93. The number of nitrogens with zero attached hydrogens (tertiary/aromatic N) is 3. The first kappa shape index (κ1) is 25.6. The lowest BCUT2D eigenvalue weighted by Gasteiger charge is -2.15. The lowest BCUT2D eigenvalue weighted by Crippen LogP contribution is -2.18. The van der Waals surface area contributed by atoms with Crippen molar-refractivity contribution in [1.82, 2.24) is 13.9 Å². The third-order valence-corrected chi connectivity index (χ3v) is 8.91. The smallest absolute Gasteiger partial charge is 0.274 e. The molecule has 0 aliphatic carbocycles. The number of hydrogen-bond acceptors (Lipinski definition) is 8. The molecule has 4 aromatic rings.